The van der Waals surface area contributed by atoms with Crippen LogP contribution in [-0.2, 0) is 0 Å². The molecule has 0 radical (unpaired) electrons. The van der Waals surface area contributed by atoms with E-state index in [4.69, 9.17) is 4.52 Å². The van der Waals surface area contributed by atoms with Gasteiger partial charge in [0.05, 0.1) is 0 Å². The first-order valence-corrected chi connectivity index (χ1v) is 7.16. The topological polar surface area (TPSA) is 59.2 Å². The molecule has 0 aliphatic heterocycles. The number of aromatic nitrogens is 2. The van der Waals surface area contributed by atoms with E-state index < -0.39 is 0 Å². The summed E-state index contributed by atoms with van der Waals surface area (Å²) in [4.78, 5) is 4.52. The summed E-state index contributed by atoms with van der Waals surface area (Å²) in [6.07, 6.45) is 4.67. The molecule has 1 aliphatic carbocycles. The van der Waals surface area contributed by atoms with Crippen molar-refractivity contribution in [1.82, 2.24) is 10.1 Å². The van der Waals surface area contributed by atoms with Crippen LogP contribution in [0, 0.1) is 5.41 Å². The van der Waals surface area contributed by atoms with E-state index in [1.54, 1.807) is 24.3 Å². The van der Waals surface area contributed by atoms with E-state index in [0.29, 0.717) is 17.2 Å². The molecule has 0 unspecified atom stereocenters. The Bertz CT molecular complexity index is 577. The van der Waals surface area contributed by atoms with Gasteiger partial charge < -0.3 is 9.63 Å². The average molecular weight is 272 g/mol. The number of benzene rings is 1. The number of aromatic hydroxyl groups is 1. The number of hydrogen-bond donors (Lipinski definition) is 1. The standard InChI is InChI=1S/C16H20N2O2/c1-16(2)9-7-11(8-10-16)14-17-15(20-18-14)12-3-5-13(19)6-4-12/h3-6,11,19H,7-10H2,1-2H3. The summed E-state index contributed by atoms with van der Waals surface area (Å²) in [5.74, 6) is 2.01. The number of phenolic OH excluding ortho intramolecular Hbond substituents is 1. The molecule has 3 rings (SSSR count). The Morgan fingerprint density at radius 3 is 2.45 bits per heavy atom. The maximum Gasteiger partial charge on any atom is 0.257 e. The van der Waals surface area contributed by atoms with Crippen molar-refractivity contribution in [3.63, 3.8) is 0 Å². The molecule has 2 aromatic rings. The van der Waals surface area contributed by atoms with E-state index in [-0.39, 0.29) is 5.75 Å². The van der Waals surface area contributed by atoms with Gasteiger partial charge in [-0.2, -0.15) is 4.98 Å². The molecular weight excluding hydrogens is 252 g/mol. The third-order valence-corrected chi connectivity index (χ3v) is 4.26. The van der Waals surface area contributed by atoms with Crippen LogP contribution in [-0.4, -0.2) is 15.2 Å². The summed E-state index contributed by atoms with van der Waals surface area (Å²) in [5, 5.41) is 13.4. The summed E-state index contributed by atoms with van der Waals surface area (Å²) < 4.78 is 5.35. The lowest BCUT2D eigenvalue weighted by atomic mass is 9.73. The third-order valence-electron chi connectivity index (χ3n) is 4.26. The van der Waals surface area contributed by atoms with Gasteiger partial charge in [-0.25, -0.2) is 0 Å². The van der Waals surface area contributed by atoms with Crippen molar-refractivity contribution in [2.45, 2.75) is 45.4 Å². The summed E-state index contributed by atoms with van der Waals surface area (Å²) in [6, 6.07) is 6.83. The first-order valence-electron chi connectivity index (χ1n) is 7.16. The van der Waals surface area contributed by atoms with Crippen LogP contribution in [0.1, 0.15) is 51.3 Å². The Morgan fingerprint density at radius 2 is 1.80 bits per heavy atom. The van der Waals surface area contributed by atoms with Gasteiger partial charge in [0.25, 0.3) is 5.89 Å². The predicted octanol–water partition coefficient (Wildman–Crippen LogP) is 4.13. The van der Waals surface area contributed by atoms with Gasteiger partial charge in [-0.15, -0.1) is 0 Å². The normalized spacial score (nSPS) is 19.1. The Balaban J connectivity index is 1.76. The van der Waals surface area contributed by atoms with Gasteiger partial charge in [0, 0.05) is 11.5 Å². The Morgan fingerprint density at radius 1 is 1.15 bits per heavy atom. The van der Waals surface area contributed by atoms with Crippen LogP contribution in [0.4, 0.5) is 0 Å². The molecule has 4 heteroatoms. The highest BCUT2D eigenvalue weighted by molar-refractivity contribution is 5.54. The maximum absolute atomic E-state index is 9.30. The quantitative estimate of drug-likeness (QED) is 0.893. The first-order chi connectivity index (χ1) is 9.53. The van der Waals surface area contributed by atoms with Crippen LogP contribution in [0.2, 0.25) is 0 Å². The largest absolute Gasteiger partial charge is 0.508 e. The van der Waals surface area contributed by atoms with Crippen LogP contribution in [0.5, 0.6) is 5.75 Å². The van der Waals surface area contributed by atoms with Crippen LogP contribution in [0.15, 0.2) is 28.8 Å². The minimum Gasteiger partial charge on any atom is -0.508 e. The number of rotatable bonds is 2. The van der Waals surface area contributed by atoms with E-state index in [0.717, 1.165) is 24.2 Å². The molecule has 0 atom stereocenters. The van der Waals surface area contributed by atoms with Crippen molar-refractivity contribution in [2.24, 2.45) is 5.41 Å². The molecule has 1 heterocycles. The second-order valence-electron chi connectivity index (χ2n) is 6.44. The van der Waals surface area contributed by atoms with Gasteiger partial charge in [0.1, 0.15) is 5.75 Å². The minimum atomic E-state index is 0.239. The second-order valence-corrected chi connectivity index (χ2v) is 6.44. The Kier molecular flexibility index (Phi) is 3.24. The van der Waals surface area contributed by atoms with Crippen molar-refractivity contribution < 1.29 is 9.63 Å². The zero-order valence-electron chi connectivity index (χ0n) is 12.0. The van der Waals surface area contributed by atoms with Crippen LogP contribution in [0.3, 0.4) is 0 Å². The molecule has 1 N–H and O–H groups in total. The number of phenols is 1. The van der Waals surface area contributed by atoms with E-state index in [1.165, 1.54) is 12.8 Å². The van der Waals surface area contributed by atoms with Gasteiger partial charge in [0.2, 0.25) is 0 Å². The molecule has 0 saturated heterocycles. The Hall–Kier alpha value is -1.84. The maximum atomic E-state index is 9.30. The van der Waals surface area contributed by atoms with Crippen molar-refractivity contribution in [3.05, 3.63) is 30.1 Å². The van der Waals surface area contributed by atoms with Gasteiger partial charge in [-0.3, -0.25) is 0 Å². The van der Waals surface area contributed by atoms with Gasteiger partial charge in [-0.1, -0.05) is 19.0 Å². The minimum absolute atomic E-state index is 0.239. The van der Waals surface area contributed by atoms with Crippen molar-refractivity contribution in [2.75, 3.05) is 0 Å². The zero-order chi connectivity index (χ0) is 14.2. The summed E-state index contributed by atoms with van der Waals surface area (Å²) in [5.41, 5.74) is 1.29. The highest BCUT2D eigenvalue weighted by atomic mass is 16.5. The first kappa shape index (κ1) is 13.2. The lowest BCUT2D eigenvalue weighted by molar-refractivity contribution is 0.218. The molecule has 1 fully saturated rings. The third kappa shape index (κ3) is 2.69. The van der Waals surface area contributed by atoms with Gasteiger partial charge in [0.15, 0.2) is 5.82 Å². The van der Waals surface area contributed by atoms with E-state index in [9.17, 15) is 5.11 Å². The van der Waals surface area contributed by atoms with E-state index in [1.807, 2.05) is 0 Å². The molecule has 1 aromatic carbocycles. The van der Waals surface area contributed by atoms with Crippen molar-refractivity contribution >= 4 is 0 Å². The smallest absolute Gasteiger partial charge is 0.257 e. The highest BCUT2D eigenvalue weighted by Crippen LogP contribution is 2.41. The molecule has 1 aliphatic rings. The molecule has 20 heavy (non-hydrogen) atoms. The lowest BCUT2D eigenvalue weighted by Crippen LogP contribution is -2.20. The molecule has 106 valence electrons. The average Bonchev–Trinajstić information content (AvgIpc) is 2.89. The fourth-order valence-electron chi connectivity index (χ4n) is 2.78. The summed E-state index contributed by atoms with van der Waals surface area (Å²) in [6.45, 7) is 4.64. The second kappa shape index (κ2) is 4.93. The highest BCUT2D eigenvalue weighted by Gasteiger charge is 2.30. The monoisotopic (exact) mass is 272 g/mol. The van der Waals surface area contributed by atoms with Crippen LogP contribution >= 0.6 is 0 Å². The number of nitrogens with zero attached hydrogens (tertiary/aromatic N) is 2. The molecule has 0 bridgehead atoms. The zero-order valence-corrected chi connectivity index (χ0v) is 12.0. The van der Waals surface area contributed by atoms with Crippen LogP contribution in [0.25, 0.3) is 11.5 Å². The molecule has 1 aromatic heterocycles. The van der Waals surface area contributed by atoms with Crippen molar-refractivity contribution in [3.8, 4) is 17.2 Å². The molecule has 0 amide bonds. The lowest BCUT2D eigenvalue weighted by Gasteiger charge is -2.32. The van der Waals surface area contributed by atoms with Crippen LogP contribution < -0.4 is 0 Å². The summed E-state index contributed by atoms with van der Waals surface area (Å²) in [7, 11) is 0. The SMILES string of the molecule is CC1(C)CCC(c2noc(-c3ccc(O)cc3)n2)CC1. The van der Waals surface area contributed by atoms with E-state index >= 15 is 0 Å². The molecular formula is C16H20N2O2. The van der Waals surface area contributed by atoms with E-state index in [2.05, 4.69) is 24.0 Å². The summed E-state index contributed by atoms with van der Waals surface area (Å²) >= 11 is 0. The number of hydrogen-bond acceptors (Lipinski definition) is 4. The molecule has 0 spiro atoms. The van der Waals surface area contributed by atoms with Gasteiger partial charge >= 0.3 is 0 Å². The molecule has 1 saturated carbocycles. The fourth-order valence-corrected chi connectivity index (χ4v) is 2.78. The Labute approximate surface area is 118 Å². The predicted molar refractivity (Wildman–Crippen MR) is 76.4 cm³/mol. The fraction of sp³-hybridized carbons (Fsp3) is 0.500. The van der Waals surface area contributed by atoms with Crippen molar-refractivity contribution in [1.29, 1.82) is 0 Å². The molecule has 4 nitrogen and oxygen atoms in total. The van der Waals surface area contributed by atoms with Gasteiger partial charge in [-0.05, 0) is 55.4 Å².